The number of amidine groups is 1. The number of rotatable bonds is 5. The number of benzene rings is 2. The number of nitrogen functional groups attached to an aromatic ring is 1. The van der Waals surface area contributed by atoms with Crippen molar-refractivity contribution < 1.29 is 4.74 Å². The van der Waals surface area contributed by atoms with Gasteiger partial charge in [0, 0.05) is 19.2 Å². The van der Waals surface area contributed by atoms with Crippen molar-refractivity contribution in [3.63, 3.8) is 0 Å². The maximum absolute atomic E-state index is 7.43. The van der Waals surface area contributed by atoms with E-state index in [2.05, 4.69) is 0 Å². The molecule has 5 heteroatoms. The van der Waals surface area contributed by atoms with E-state index in [1.54, 1.807) is 19.2 Å². The molecular formula is C16H18ClN3O. The second-order valence-electron chi connectivity index (χ2n) is 4.79. The molecule has 0 heterocycles. The van der Waals surface area contributed by atoms with Crippen molar-refractivity contribution in [3.8, 4) is 5.75 Å². The first kappa shape index (κ1) is 15.2. The first-order valence-corrected chi connectivity index (χ1v) is 6.87. The Morgan fingerprint density at radius 1 is 1.29 bits per heavy atom. The van der Waals surface area contributed by atoms with Gasteiger partial charge < -0.3 is 15.4 Å². The summed E-state index contributed by atoms with van der Waals surface area (Å²) in [7, 11) is 3.62. The summed E-state index contributed by atoms with van der Waals surface area (Å²) in [5, 5.41) is 8.00. The Bertz CT molecular complexity index is 658. The van der Waals surface area contributed by atoms with Gasteiger partial charge in [-0.05, 0) is 35.9 Å². The molecule has 3 N–H and O–H groups in total. The van der Waals surface area contributed by atoms with E-state index in [0.29, 0.717) is 17.1 Å². The molecule has 0 fully saturated rings. The predicted molar refractivity (Wildman–Crippen MR) is 87.6 cm³/mol. The van der Waals surface area contributed by atoms with Crippen molar-refractivity contribution in [2.45, 2.75) is 6.54 Å². The fourth-order valence-electron chi connectivity index (χ4n) is 2.11. The van der Waals surface area contributed by atoms with E-state index >= 15 is 0 Å². The van der Waals surface area contributed by atoms with Gasteiger partial charge in [-0.2, -0.15) is 0 Å². The lowest BCUT2D eigenvalue weighted by Crippen LogP contribution is -2.17. The van der Waals surface area contributed by atoms with Crippen LogP contribution in [0.3, 0.4) is 0 Å². The summed E-state index contributed by atoms with van der Waals surface area (Å²) < 4.78 is 5.23. The molecule has 0 aliphatic rings. The van der Waals surface area contributed by atoms with E-state index in [1.165, 1.54) is 0 Å². The van der Waals surface area contributed by atoms with E-state index in [-0.39, 0.29) is 5.84 Å². The third kappa shape index (κ3) is 3.67. The fraction of sp³-hybridized carbons (Fsp3) is 0.188. The zero-order valence-electron chi connectivity index (χ0n) is 12.1. The largest absolute Gasteiger partial charge is 0.497 e. The second kappa shape index (κ2) is 6.50. The molecule has 2 aromatic rings. The van der Waals surface area contributed by atoms with Gasteiger partial charge in [0.05, 0.1) is 17.8 Å². The number of anilines is 1. The van der Waals surface area contributed by atoms with Gasteiger partial charge >= 0.3 is 0 Å². The van der Waals surface area contributed by atoms with Crippen LogP contribution in [0.2, 0.25) is 5.02 Å². The van der Waals surface area contributed by atoms with E-state index < -0.39 is 0 Å². The van der Waals surface area contributed by atoms with Crippen LogP contribution in [0, 0.1) is 5.41 Å². The van der Waals surface area contributed by atoms with Gasteiger partial charge in [-0.15, -0.1) is 0 Å². The summed E-state index contributed by atoms with van der Waals surface area (Å²) in [5.74, 6) is 0.845. The number of nitrogens with zero attached hydrogens (tertiary/aromatic N) is 1. The lowest BCUT2D eigenvalue weighted by Gasteiger charge is -2.21. The Hall–Kier alpha value is -2.20. The fourth-order valence-corrected chi connectivity index (χ4v) is 2.44. The predicted octanol–water partition coefficient (Wildman–Crippen LogP) is 3.27. The summed E-state index contributed by atoms with van der Waals surface area (Å²) >= 11 is 6.27. The van der Waals surface area contributed by atoms with Crippen LogP contribution in [-0.2, 0) is 6.54 Å². The van der Waals surface area contributed by atoms with Crippen molar-refractivity contribution in [2.24, 2.45) is 5.73 Å². The molecule has 21 heavy (non-hydrogen) atoms. The maximum atomic E-state index is 7.43. The number of methoxy groups -OCH3 is 1. The molecule has 0 bridgehead atoms. The highest BCUT2D eigenvalue weighted by atomic mass is 35.5. The molecule has 2 aromatic carbocycles. The number of halogens is 1. The Labute approximate surface area is 129 Å². The number of hydrogen-bond acceptors (Lipinski definition) is 3. The highest BCUT2D eigenvalue weighted by Crippen LogP contribution is 2.27. The standard InChI is InChI=1S/C16H18ClN3O/c1-20(10-11-4-3-5-13(8-11)21-2)15-7-6-12(16(18)19)9-14(15)17/h3-9H,10H2,1-2H3,(H3,18,19). The maximum Gasteiger partial charge on any atom is 0.122 e. The smallest absolute Gasteiger partial charge is 0.122 e. The van der Waals surface area contributed by atoms with Crippen molar-refractivity contribution in [3.05, 3.63) is 58.6 Å². The average Bonchev–Trinajstić information content (AvgIpc) is 2.47. The molecule has 110 valence electrons. The molecule has 0 radical (unpaired) electrons. The Kier molecular flexibility index (Phi) is 4.70. The van der Waals surface area contributed by atoms with E-state index in [4.69, 9.17) is 27.5 Å². The minimum absolute atomic E-state index is 0.0129. The molecule has 0 atom stereocenters. The van der Waals surface area contributed by atoms with Gasteiger partial charge in [0.15, 0.2) is 0 Å². The number of hydrogen-bond donors (Lipinski definition) is 2. The molecule has 0 amide bonds. The zero-order valence-corrected chi connectivity index (χ0v) is 12.8. The molecule has 0 saturated heterocycles. The van der Waals surface area contributed by atoms with Crippen LogP contribution in [0.4, 0.5) is 5.69 Å². The topological polar surface area (TPSA) is 62.3 Å². The molecular weight excluding hydrogens is 286 g/mol. The summed E-state index contributed by atoms with van der Waals surface area (Å²) in [6.45, 7) is 0.705. The number of nitrogens with one attached hydrogen (secondary N) is 1. The average molecular weight is 304 g/mol. The van der Waals surface area contributed by atoms with Gasteiger partial charge in [0.2, 0.25) is 0 Å². The van der Waals surface area contributed by atoms with Crippen LogP contribution in [0.25, 0.3) is 0 Å². The van der Waals surface area contributed by atoms with E-state index in [9.17, 15) is 0 Å². The highest BCUT2D eigenvalue weighted by molar-refractivity contribution is 6.33. The minimum atomic E-state index is 0.0129. The second-order valence-corrected chi connectivity index (χ2v) is 5.19. The van der Waals surface area contributed by atoms with Crippen molar-refractivity contribution in [1.82, 2.24) is 0 Å². The molecule has 4 nitrogen and oxygen atoms in total. The minimum Gasteiger partial charge on any atom is -0.497 e. The first-order valence-electron chi connectivity index (χ1n) is 6.49. The lowest BCUT2D eigenvalue weighted by molar-refractivity contribution is 0.414. The lowest BCUT2D eigenvalue weighted by atomic mass is 10.1. The van der Waals surface area contributed by atoms with Crippen LogP contribution in [0.5, 0.6) is 5.75 Å². The van der Waals surface area contributed by atoms with E-state index in [0.717, 1.165) is 17.0 Å². The Morgan fingerprint density at radius 2 is 2.05 bits per heavy atom. The molecule has 0 aliphatic heterocycles. The van der Waals surface area contributed by atoms with Crippen LogP contribution in [-0.4, -0.2) is 20.0 Å². The van der Waals surface area contributed by atoms with Crippen LogP contribution >= 0.6 is 11.6 Å². The van der Waals surface area contributed by atoms with Crippen molar-refractivity contribution in [1.29, 1.82) is 5.41 Å². The van der Waals surface area contributed by atoms with Gasteiger partial charge in [0.25, 0.3) is 0 Å². The van der Waals surface area contributed by atoms with Crippen LogP contribution in [0.15, 0.2) is 42.5 Å². The quantitative estimate of drug-likeness (QED) is 0.658. The molecule has 2 rings (SSSR count). The van der Waals surface area contributed by atoms with Gasteiger partial charge in [-0.3, -0.25) is 5.41 Å². The number of ether oxygens (including phenoxy) is 1. The van der Waals surface area contributed by atoms with Crippen molar-refractivity contribution in [2.75, 3.05) is 19.1 Å². The summed E-state index contributed by atoms with van der Waals surface area (Å²) in [6, 6.07) is 13.3. The Morgan fingerprint density at radius 3 is 2.67 bits per heavy atom. The molecule has 0 unspecified atom stereocenters. The Balaban J connectivity index is 2.19. The normalized spacial score (nSPS) is 10.2. The molecule has 0 aliphatic carbocycles. The van der Waals surface area contributed by atoms with Gasteiger partial charge in [-0.25, -0.2) is 0 Å². The summed E-state index contributed by atoms with van der Waals surface area (Å²) in [6.07, 6.45) is 0. The van der Waals surface area contributed by atoms with Gasteiger partial charge in [-0.1, -0.05) is 23.7 Å². The summed E-state index contributed by atoms with van der Waals surface area (Å²) in [5.41, 5.74) is 8.11. The SMILES string of the molecule is COc1cccc(CN(C)c2ccc(C(=N)N)cc2Cl)c1. The first-order chi connectivity index (χ1) is 10.0. The molecule has 0 aromatic heterocycles. The highest BCUT2D eigenvalue weighted by Gasteiger charge is 2.09. The van der Waals surface area contributed by atoms with Gasteiger partial charge in [0.1, 0.15) is 11.6 Å². The van der Waals surface area contributed by atoms with Crippen LogP contribution in [0.1, 0.15) is 11.1 Å². The monoisotopic (exact) mass is 303 g/mol. The third-order valence-electron chi connectivity index (χ3n) is 3.22. The molecule has 0 spiro atoms. The van der Waals surface area contributed by atoms with E-state index in [1.807, 2.05) is 42.3 Å². The summed E-state index contributed by atoms with van der Waals surface area (Å²) in [4.78, 5) is 2.04. The zero-order chi connectivity index (χ0) is 15.4. The molecule has 0 saturated carbocycles. The van der Waals surface area contributed by atoms with Crippen molar-refractivity contribution >= 4 is 23.1 Å². The van der Waals surface area contributed by atoms with Crippen LogP contribution < -0.4 is 15.4 Å². The number of nitrogens with two attached hydrogens (primary N) is 1. The third-order valence-corrected chi connectivity index (χ3v) is 3.53.